The van der Waals surface area contributed by atoms with Crippen LogP contribution >= 0.6 is 11.6 Å². The summed E-state index contributed by atoms with van der Waals surface area (Å²) in [6.07, 6.45) is 4.64. The summed E-state index contributed by atoms with van der Waals surface area (Å²) >= 11 is 5.73. The van der Waals surface area contributed by atoms with Crippen molar-refractivity contribution in [3.63, 3.8) is 0 Å². The standard InChI is InChI=1S/C15H14ClN3/c16-9-8-12-4-6-13(7-5-12)18-15-3-1-2-14-17-10-11-19(14)15/h1-7,10-11,18H,8-9H2. The second-order valence-corrected chi connectivity index (χ2v) is 4.71. The molecule has 0 unspecified atom stereocenters. The predicted molar refractivity (Wildman–Crippen MR) is 79.3 cm³/mol. The number of rotatable bonds is 4. The van der Waals surface area contributed by atoms with E-state index >= 15 is 0 Å². The highest BCUT2D eigenvalue weighted by atomic mass is 35.5. The summed E-state index contributed by atoms with van der Waals surface area (Å²) in [5, 5.41) is 3.39. The van der Waals surface area contributed by atoms with Gasteiger partial charge in [0.05, 0.1) is 0 Å². The van der Waals surface area contributed by atoms with Crippen LogP contribution in [0.2, 0.25) is 0 Å². The number of alkyl halides is 1. The number of halogens is 1. The fourth-order valence-corrected chi connectivity index (χ4v) is 2.28. The summed E-state index contributed by atoms with van der Waals surface area (Å²) in [4.78, 5) is 4.27. The smallest absolute Gasteiger partial charge is 0.138 e. The van der Waals surface area contributed by atoms with Crippen LogP contribution in [0.15, 0.2) is 54.9 Å². The number of fused-ring (bicyclic) bond motifs is 1. The maximum Gasteiger partial charge on any atom is 0.138 e. The highest BCUT2D eigenvalue weighted by Crippen LogP contribution is 2.18. The van der Waals surface area contributed by atoms with Crippen molar-refractivity contribution in [2.45, 2.75) is 6.42 Å². The van der Waals surface area contributed by atoms with Gasteiger partial charge in [0.25, 0.3) is 0 Å². The van der Waals surface area contributed by atoms with Gasteiger partial charge in [0, 0.05) is 24.0 Å². The molecule has 3 aromatic rings. The third kappa shape index (κ3) is 2.56. The molecule has 0 saturated carbocycles. The molecule has 0 aliphatic heterocycles. The molecule has 96 valence electrons. The first-order valence-electron chi connectivity index (χ1n) is 6.21. The van der Waals surface area contributed by atoms with Crippen molar-refractivity contribution in [3.05, 3.63) is 60.4 Å². The molecule has 2 aromatic heterocycles. The zero-order chi connectivity index (χ0) is 13.1. The number of hydrogen-bond donors (Lipinski definition) is 1. The lowest BCUT2D eigenvalue weighted by Gasteiger charge is -2.09. The Kier molecular flexibility index (Phi) is 3.38. The molecule has 0 saturated heterocycles. The summed E-state index contributed by atoms with van der Waals surface area (Å²) in [5.41, 5.74) is 3.24. The minimum absolute atomic E-state index is 0.654. The number of nitrogens with one attached hydrogen (secondary N) is 1. The third-order valence-corrected chi connectivity index (χ3v) is 3.23. The van der Waals surface area contributed by atoms with Crippen LogP contribution in [0.5, 0.6) is 0 Å². The van der Waals surface area contributed by atoms with Gasteiger partial charge >= 0.3 is 0 Å². The van der Waals surface area contributed by atoms with Gasteiger partial charge in [0.15, 0.2) is 0 Å². The van der Waals surface area contributed by atoms with E-state index < -0.39 is 0 Å². The van der Waals surface area contributed by atoms with E-state index in [1.807, 2.05) is 28.8 Å². The predicted octanol–water partition coefficient (Wildman–Crippen LogP) is 3.86. The Balaban J connectivity index is 1.86. The van der Waals surface area contributed by atoms with Crippen LogP contribution in [0.3, 0.4) is 0 Å². The summed E-state index contributed by atoms with van der Waals surface area (Å²) < 4.78 is 2.02. The van der Waals surface area contributed by atoms with Crippen molar-refractivity contribution >= 4 is 28.8 Å². The second kappa shape index (κ2) is 5.33. The van der Waals surface area contributed by atoms with Gasteiger partial charge in [-0.25, -0.2) is 4.98 Å². The first-order valence-corrected chi connectivity index (χ1v) is 6.74. The van der Waals surface area contributed by atoms with Crippen LogP contribution in [0.4, 0.5) is 11.5 Å². The first-order chi connectivity index (χ1) is 9.36. The molecule has 4 heteroatoms. The molecule has 0 amide bonds. The van der Waals surface area contributed by atoms with Crippen molar-refractivity contribution in [3.8, 4) is 0 Å². The van der Waals surface area contributed by atoms with Crippen LogP contribution in [-0.4, -0.2) is 15.3 Å². The molecule has 1 N–H and O–H groups in total. The average Bonchev–Trinajstić information content (AvgIpc) is 2.91. The first kappa shape index (κ1) is 12.1. The Morgan fingerprint density at radius 1 is 1.11 bits per heavy atom. The number of aromatic nitrogens is 2. The fourth-order valence-electron chi connectivity index (χ4n) is 2.06. The van der Waals surface area contributed by atoms with Crippen molar-refractivity contribution in [1.82, 2.24) is 9.38 Å². The number of anilines is 2. The van der Waals surface area contributed by atoms with E-state index in [2.05, 4.69) is 34.6 Å². The lowest BCUT2D eigenvalue weighted by molar-refractivity contribution is 1.15. The SMILES string of the molecule is ClCCc1ccc(Nc2cccc3nccn23)cc1. The number of benzene rings is 1. The van der Waals surface area contributed by atoms with Gasteiger partial charge in [-0.1, -0.05) is 18.2 Å². The van der Waals surface area contributed by atoms with Crippen molar-refractivity contribution in [2.75, 3.05) is 11.2 Å². The van der Waals surface area contributed by atoms with Crippen LogP contribution in [0.25, 0.3) is 5.65 Å². The molecule has 3 rings (SSSR count). The van der Waals surface area contributed by atoms with Crippen molar-refractivity contribution in [2.24, 2.45) is 0 Å². The normalized spacial score (nSPS) is 10.8. The molecule has 0 spiro atoms. The van der Waals surface area contributed by atoms with Gasteiger partial charge in [0.1, 0.15) is 11.5 Å². The summed E-state index contributed by atoms with van der Waals surface area (Å²) in [6.45, 7) is 0. The Morgan fingerprint density at radius 3 is 2.74 bits per heavy atom. The van der Waals surface area contributed by atoms with E-state index in [9.17, 15) is 0 Å². The van der Waals surface area contributed by atoms with Gasteiger partial charge in [-0.15, -0.1) is 11.6 Å². The summed E-state index contributed by atoms with van der Waals surface area (Å²) in [5.74, 6) is 1.65. The quantitative estimate of drug-likeness (QED) is 0.730. The van der Waals surface area contributed by atoms with Crippen molar-refractivity contribution in [1.29, 1.82) is 0 Å². The molecule has 0 atom stereocenters. The molecule has 1 aromatic carbocycles. The fraction of sp³-hybridized carbons (Fsp3) is 0.133. The zero-order valence-electron chi connectivity index (χ0n) is 10.4. The molecule has 3 nitrogen and oxygen atoms in total. The minimum atomic E-state index is 0.654. The zero-order valence-corrected chi connectivity index (χ0v) is 11.1. The van der Waals surface area contributed by atoms with Gasteiger partial charge in [0.2, 0.25) is 0 Å². The number of nitrogens with zero attached hydrogens (tertiary/aromatic N) is 2. The van der Waals surface area contributed by atoms with E-state index in [0.29, 0.717) is 5.88 Å². The molecule has 19 heavy (non-hydrogen) atoms. The van der Waals surface area contributed by atoms with E-state index in [4.69, 9.17) is 11.6 Å². The Bertz CT molecular complexity index is 673. The topological polar surface area (TPSA) is 29.3 Å². The third-order valence-electron chi connectivity index (χ3n) is 3.04. The molecule has 0 fully saturated rings. The number of aryl methyl sites for hydroxylation is 1. The Labute approximate surface area is 116 Å². The van der Waals surface area contributed by atoms with Crippen LogP contribution < -0.4 is 5.32 Å². The van der Waals surface area contributed by atoms with Crippen LogP contribution in [0, 0.1) is 0 Å². The van der Waals surface area contributed by atoms with E-state index in [0.717, 1.165) is 23.6 Å². The average molecular weight is 272 g/mol. The highest BCUT2D eigenvalue weighted by Gasteiger charge is 2.01. The molecule has 0 aliphatic rings. The summed E-state index contributed by atoms with van der Waals surface area (Å²) in [6, 6.07) is 14.3. The van der Waals surface area contributed by atoms with E-state index in [-0.39, 0.29) is 0 Å². The molecule has 0 bridgehead atoms. The van der Waals surface area contributed by atoms with Crippen molar-refractivity contribution < 1.29 is 0 Å². The lowest BCUT2D eigenvalue weighted by Crippen LogP contribution is -1.97. The van der Waals surface area contributed by atoms with Crippen LogP contribution in [0.1, 0.15) is 5.56 Å². The van der Waals surface area contributed by atoms with Gasteiger partial charge < -0.3 is 5.32 Å². The maximum absolute atomic E-state index is 5.73. The number of imidazole rings is 1. The Morgan fingerprint density at radius 2 is 1.95 bits per heavy atom. The highest BCUT2D eigenvalue weighted by molar-refractivity contribution is 6.17. The number of hydrogen-bond acceptors (Lipinski definition) is 2. The van der Waals surface area contributed by atoms with Crippen LogP contribution in [-0.2, 0) is 6.42 Å². The lowest BCUT2D eigenvalue weighted by atomic mass is 10.1. The Hall–Kier alpha value is -2.00. The monoisotopic (exact) mass is 271 g/mol. The van der Waals surface area contributed by atoms with E-state index in [1.54, 1.807) is 6.20 Å². The maximum atomic E-state index is 5.73. The van der Waals surface area contributed by atoms with Gasteiger partial charge in [-0.2, -0.15) is 0 Å². The largest absolute Gasteiger partial charge is 0.341 e. The summed E-state index contributed by atoms with van der Waals surface area (Å²) in [7, 11) is 0. The number of pyridine rings is 1. The molecule has 2 heterocycles. The van der Waals surface area contributed by atoms with E-state index in [1.165, 1.54) is 5.56 Å². The van der Waals surface area contributed by atoms with Gasteiger partial charge in [-0.05, 0) is 36.2 Å². The molecule has 0 aliphatic carbocycles. The molecular weight excluding hydrogens is 258 g/mol. The molecular formula is C15H14ClN3. The molecule has 0 radical (unpaired) electrons. The van der Waals surface area contributed by atoms with Gasteiger partial charge in [-0.3, -0.25) is 4.40 Å². The minimum Gasteiger partial charge on any atom is -0.341 e. The second-order valence-electron chi connectivity index (χ2n) is 4.33.